The van der Waals surface area contributed by atoms with Gasteiger partial charge in [-0.05, 0) is 17.7 Å². The van der Waals surface area contributed by atoms with Gasteiger partial charge in [-0.3, -0.25) is 5.32 Å². The molecule has 0 aliphatic rings. The van der Waals surface area contributed by atoms with Crippen LogP contribution in [0.3, 0.4) is 0 Å². The Kier molecular flexibility index (Phi) is 2.74. The van der Waals surface area contributed by atoms with Crippen molar-refractivity contribution in [3.05, 3.63) is 42.5 Å². The molecule has 0 spiro atoms. The normalized spacial score (nSPS) is 9.50. The molecule has 4 nitrogen and oxygen atoms in total. The summed E-state index contributed by atoms with van der Waals surface area (Å²) in [5.41, 5.74) is 1.59. The van der Waals surface area contributed by atoms with Crippen molar-refractivity contribution in [2.75, 3.05) is 5.32 Å². The highest BCUT2D eigenvalue weighted by atomic mass is 19.1. The van der Waals surface area contributed by atoms with Gasteiger partial charge >= 0.3 is 0 Å². The number of rotatable bonds is 2. The van der Waals surface area contributed by atoms with Crippen molar-refractivity contribution in [2.24, 2.45) is 0 Å². The molecule has 0 amide bonds. The SMILES string of the molecule is N#CNc1ncc(-c2ccc(F)cc2)cn1. The van der Waals surface area contributed by atoms with Gasteiger partial charge in [0.15, 0.2) is 6.19 Å². The molecule has 2 rings (SSSR count). The summed E-state index contributed by atoms with van der Waals surface area (Å²) >= 11 is 0. The number of hydrogen-bond acceptors (Lipinski definition) is 4. The van der Waals surface area contributed by atoms with Crippen LogP contribution in [-0.2, 0) is 0 Å². The Morgan fingerprint density at radius 1 is 1.06 bits per heavy atom. The van der Waals surface area contributed by atoms with E-state index in [2.05, 4.69) is 15.3 Å². The average Bonchev–Trinajstić information content (AvgIpc) is 2.32. The van der Waals surface area contributed by atoms with Crippen LogP contribution in [0.25, 0.3) is 11.1 Å². The van der Waals surface area contributed by atoms with E-state index in [1.807, 2.05) is 0 Å². The van der Waals surface area contributed by atoms with E-state index in [9.17, 15) is 4.39 Å². The van der Waals surface area contributed by atoms with Crippen LogP contribution in [0.2, 0.25) is 0 Å². The zero-order valence-electron chi connectivity index (χ0n) is 8.18. The molecule has 0 fully saturated rings. The van der Waals surface area contributed by atoms with Crippen LogP contribution in [0.5, 0.6) is 0 Å². The van der Waals surface area contributed by atoms with Gasteiger partial charge in [-0.1, -0.05) is 12.1 Å². The second-order valence-electron chi connectivity index (χ2n) is 3.04. The quantitative estimate of drug-likeness (QED) is 0.614. The Morgan fingerprint density at radius 2 is 1.69 bits per heavy atom. The van der Waals surface area contributed by atoms with Gasteiger partial charge in [0, 0.05) is 18.0 Å². The molecule has 0 atom stereocenters. The molecule has 78 valence electrons. The number of anilines is 1. The highest BCUT2D eigenvalue weighted by Gasteiger charge is 2.00. The standard InChI is InChI=1S/C11H7FN4/c12-10-3-1-8(2-4-10)9-5-14-11(15-6-9)16-7-13/h1-6H,(H,14,15,16). The van der Waals surface area contributed by atoms with E-state index in [1.165, 1.54) is 12.1 Å². The molecular formula is C11H7FN4. The van der Waals surface area contributed by atoms with Crippen molar-refractivity contribution in [1.29, 1.82) is 5.26 Å². The topological polar surface area (TPSA) is 61.6 Å². The fourth-order valence-corrected chi connectivity index (χ4v) is 1.23. The van der Waals surface area contributed by atoms with E-state index >= 15 is 0 Å². The van der Waals surface area contributed by atoms with Crippen molar-refractivity contribution in [2.45, 2.75) is 0 Å². The lowest BCUT2D eigenvalue weighted by molar-refractivity contribution is 0.628. The van der Waals surface area contributed by atoms with E-state index in [-0.39, 0.29) is 11.8 Å². The lowest BCUT2D eigenvalue weighted by atomic mass is 10.1. The maximum Gasteiger partial charge on any atom is 0.236 e. The Hall–Kier alpha value is -2.48. The molecule has 0 unspecified atom stereocenters. The van der Waals surface area contributed by atoms with Gasteiger partial charge in [-0.15, -0.1) is 0 Å². The van der Waals surface area contributed by atoms with Crippen LogP contribution in [-0.4, -0.2) is 9.97 Å². The van der Waals surface area contributed by atoms with Gasteiger partial charge in [-0.2, -0.15) is 5.26 Å². The molecule has 0 radical (unpaired) electrons. The van der Waals surface area contributed by atoms with Gasteiger partial charge < -0.3 is 0 Å². The smallest absolute Gasteiger partial charge is 0.236 e. The first-order valence-corrected chi connectivity index (χ1v) is 4.52. The Bertz CT molecular complexity index is 513. The number of nitriles is 1. The number of halogens is 1. The van der Waals surface area contributed by atoms with Crippen molar-refractivity contribution in [3.63, 3.8) is 0 Å². The molecule has 0 aliphatic carbocycles. The van der Waals surface area contributed by atoms with Gasteiger partial charge in [0.25, 0.3) is 0 Å². The summed E-state index contributed by atoms with van der Waals surface area (Å²) in [5.74, 6) is -0.0409. The van der Waals surface area contributed by atoms with E-state index in [0.717, 1.165) is 11.1 Å². The molecule has 0 bridgehead atoms. The molecule has 0 saturated carbocycles. The van der Waals surface area contributed by atoms with Crippen molar-refractivity contribution < 1.29 is 4.39 Å². The van der Waals surface area contributed by atoms with E-state index < -0.39 is 0 Å². The number of aromatic nitrogens is 2. The highest BCUT2D eigenvalue weighted by molar-refractivity contribution is 5.61. The Morgan fingerprint density at radius 3 is 2.25 bits per heavy atom. The summed E-state index contributed by atoms with van der Waals surface area (Å²) in [4.78, 5) is 7.86. The highest BCUT2D eigenvalue weighted by Crippen LogP contribution is 2.18. The van der Waals surface area contributed by atoms with Gasteiger partial charge in [0.1, 0.15) is 5.82 Å². The zero-order chi connectivity index (χ0) is 11.4. The van der Waals surface area contributed by atoms with E-state index in [1.54, 1.807) is 30.7 Å². The van der Waals surface area contributed by atoms with Crippen LogP contribution >= 0.6 is 0 Å². The third kappa shape index (κ3) is 2.12. The third-order valence-electron chi connectivity index (χ3n) is 2.00. The maximum absolute atomic E-state index is 12.7. The fourth-order valence-electron chi connectivity index (χ4n) is 1.23. The Balaban J connectivity index is 2.28. The van der Waals surface area contributed by atoms with Gasteiger partial charge in [0.2, 0.25) is 5.95 Å². The van der Waals surface area contributed by atoms with Crippen LogP contribution in [0.4, 0.5) is 10.3 Å². The van der Waals surface area contributed by atoms with Gasteiger partial charge in [0.05, 0.1) is 0 Å². The second-order valence-corrected chi connectivity index (χ2v) is 3.04. The summed E-state index contributed by atoms with van der Waals surface area (Å²) in [6.07, 6.45) is 4.86. The first kappa shape index (κ1) is 10.1. The molecule has 0 aliphatic heterocycles. The zero-order valence-corrected chi connectivity index (χ0v) is 8.18. The van der Waals surface area contributed by atoms with E-state index in [0.29, 0.717) is 0 Å². The summed E-state index contributed by atoms with van der Waals surface area (Å²) in [6, 6.07) is 6.03. The number of benzene rings is 1. The molecular weight excluding hydrogens is 207 g/mol. The molecule has 1 aromatic carbocycles. The van der Waals surface area contributed by atoms with Crippen LogP contribution in [0.15, 0.2) is 36.7 Å². The minimum atomic E-state index is -0.285. The first-order valence-electron chi connectivity index (χ1n) is 4.52. The van der Waals surface area contributed by atoms with Gasteiger partial charge in [-0.25, -0.2) is 14.4 Å². The number of nitrogens with zero attached hydrogens (tertiary/aromatic N) is 3. The van der Waals surface area contributed by atoms with Crippen LogP contribution < -0.4 is 5.32 Å². The molecule has 0 saturated heterocycles. The predicted octanol–water partition coefficient (Wildman–Crippen LogP) is 2.18. The molecule has 5 heteroatoms. The summed E-state index contributed by atoms with van der Waals surface area (Å²) in [7, 11) is 0. The van der Waals surface area contributed by atoms with Crippen molar-refractivity contribution in [3.8, 4) is 17.3 Å². The molecule has 16 heavy (non-hydrogen) atoms. The second kappa shape index (κ2) is 4.36. The Labute approximate surface area is 91.4 Å². The largest absolute Gasteiger partial charge is 0.261 e. The minimum Gasteiger partial charge on any atom is -0.261 e. The lowest BCUT2D eigenvalue weighted by Gasteiger charge is -2.01. The molecule has 2 aromatic rings. The van der Waals surface area contributed by atoms with Crippen LogP contribution in [0.1, 0.15) is 0 Å². The number of nitrogens with one attached hydrogen (secondary N) is 1. The summed E-state index contributed by atoms with van der Waals surface area (Å²) in [5, 5.41) is 10.7. The summed E-state index contributed by atoms with van der Waals surface area (Å²) < 4.78 is 12.7. The van der Waals surface area contributed by atoms with Crippen molar-refractivity contribution in [1.82, 2.24) is 9.97 Å². The molecule has 1 heterocycles. The fraction of sp³-hybridized carbons (Fsp3) is 0. The number of hydrogen-bond donors (Lipinski definition) is 1. The first-order chi connectivity index (χ1) is 7.79. The molecule has 1 aromatic heterocycles. The van der Waals surface area contributed by atoms with Crippen LogP contribution in [0, 0.1) is 17.3 Å². The predicted molar refractivity (Wildman–Crippen MR) is 56.7 cm³/mol. The monoisotopic (exact) mass is 214 g/mol. The lowest BCUT2D eigenvalue weighted by Crippen LogP contribution is -1.94. The van der Waals surface area contributed by atoms with Crippen molar-refractivity contribution >= 4 is 5.95 Å². The average molecular weight is 214 g/mol. The minimum absolute atomic E-state index is 0.244. The third-order valence-corrected chi connectivity index (χ3v) is 2.00. The maximum atomic E-state index is 12.7. The van der Waals surface area contributed by atoms with E-state index in [4.69, 9.17) is 5.26 Å². The summed E-state index contributed by atoms with van der Waals surface area (Å²) in [6.45, 7) is 0. The molecule has 1 N–H and O–H groups in total.